The summed E-state index contributed by atoms with van der Waals surface area (Å²) in [4.78, 5) is 0. The molecule has 0 saturated heterocycles. The van der Waals surface area contributed by atoms with Crippen LogP contribution in [0, 0.1) is 5.82 Å². The van der Waals surface area contributed by atoms with Gasteiger partial charge in [0.25, 0.3) is 0 Å². The minimum Gasteiger partial charge on any atom is -0.271 e. The smallest absolute Gasteiger partial charge is 0.123 e. The SMILES string of the molecule is NNC(c1ccc(F)cc1)c1ccc(Cl)cc1. The average Bonchev–Trinajstić information content (AvgIpc) is 2.35. The number of benzene rings is 2. The van der Waals surface area contributed by atoms with Crippen molar-refractivity contribution in [3.8, 4) is 0 Å². The molecule has 0 heterocycles. The zero-order valence-electron chi connectivity index (χ0n) is 9.03. The summed E-state index contributed by atoms with van der Waals surface area (Å²) in [6, 6.07) is 13.4. The molecule has 1 atom stereocenters. The monoisotopic (exact) mass is 250 g/mol. The molecule has 2 aromatic rings. The standard InChI is InChI=1S/C13H12ClFN2/c14-11-5-1-9(2-6-11)13(17-16)10-3-7-12(15)8-4-10/h1-8,13,17H,16H2. The van der Waals surface area contributed by atoms with E-state index >= 15 is 0 Å². The Bertz CT molecular complexity index is 436. The number of hydrogen-bond donors (Lipinski definition) is 2. The molecule has 0 spiro atoms. The fourth-order valence-corrected chi connectivity index (χ4v) is 1.82. The summed E-state index contributed by atoms with van der Waals surface area (Å²) in [6.07, 6.45) is 0. The minimum atomic E-state index is -0.263. The van der Waals surface area contributed by atoms with Crippen LogP contribution in [0.4, 0.5) is 4.39 Å². The van der Waals surface area contributed by atoms with Crippen molar-refractivity contribution in [1.29, 1.82) is 0 Å². The highest BCUT2D eigenvalue weighted by Gasteiger charge is 2.11. The molecular weight excluding hydrogens is 239 g/mol. The molecule has 17 heavy (non-hydrogen) atoms. The van der Waals surface area contributed by atoms with Crippen molar-refractivity contribution >= 4 is 11.6 Å². The number of halogens is 2. The minimum absolute atomic E-state index is 0.173. The first-order valence-electron chi connectivity index (χ1n) is 5.18. The van der Waals surface area contributed by atoms with Crippen molar-refractivity contribution in [2.75, 3.05) is 0 Å². The summed E-state index contributed by atoms with van der Waals surface area (Å²) in [7, 11) is 0. The van der Waals surface area contributed by atoms with Crippen LogP contribution in [0.3, 0.4) is 0 Å². The predicted molar refractivity (Wildman–Crippen MR) is 67.0 cm³/mol. The second-order valence-electron chi connectivity index (χ2n) is 3.70. The van der Waals surface area contributed by atoms with E-state index in [0.717, 1.165) is 11.1 Å². The average molecular weight is 251 g/mol. The summed E-state index contributed by atoms with van der Waals surface area (Å²) in [6.45, 7) is 0. The number of hydrazine groups is 1. The molecule has 0 bridgehead atoms. The fourth-order valence-electron chi connectivity index (χ4n) is 1.70. The zero-order chi connectivity index (χ0) is 12.3. The quantitative estimate of drug-likeness (QED) is 0.649. The van der Waals surface area contributed by atoms with Crippen LogP contribution in [0.5, 0.6) is 0 Å². The highest BCUT2D eigenvalue weighted by Crippen LogP contribution is 2.22. The second-order valence-corrected chi connectivity index (χ2v) is 4.14. The number of rotatable bonds is 3. The van der Waals surface area contributed by atoms with E-state index in [1.807, 2.05) is 12.1 Å². The maximum absolute atomic E-state index is 12.8. The van der Waals surface area contributed by atoms with Crippen LogP contribution in [0.15, 0.2) is 48.5 Å². The molecule has 4 heteroatoms. The summed E-state index contributed by atoms with van der Waals surface area (Å²) in [5, 5.41) is 0.670. The Morgan fingerprint density at radius 1 is 0.941 bits per heavy atom. The molecule has 1 unspecified atom stereocenters. The maximum Gasteiger partial charge on any atom is 0.123 e. The molecule has 2 aromatic carbocycles. The summed E-state index contributed by atoms with van der Waals surface area (Å²) >= 11 is 5.83. The van der Waals surface area contributed by atoms with Gasteiger partial charge < -0.3 is 0 Å². The number of nitrogens with one attached hydrogen (secondary N) is 1. The van der Waals surface area contributed by atoms with Gasteiger partial charge in [-0.25, -0.2) is 9.82 Å². The van der Waals surface area contributed by atoms with Gasteiger partial charge in [0.2, 0.25) is 0 Å². The fraction of sp³-hybridized carbons (Fsp3) is 0.0769. The highest BCUT2D eigenvalue weighted by atomic mass is 35.5. The molecule has 2 nitrogen and oxygen atoms in total. The molecule has 0 saturated carbocycles. The third-order valence-corrected chi connectivity index (χ3v) is 2.83. The lowest BCUT2D eigenvalue weighted by Crippen LogP contribution is -2.28. The Morgan fingerprint density at radius 3 is 1.88 bits per heavy atom. The summed E-state index contributed by atoms with van der Waals surface area (Å²) < 4.78 is 12.8. The first-order valence-corrected chi connectivity index (χ1v) is 5.55. The summed E-state index contributed by atoms with van der Waals surface area (Å²) in [5.74, 6) is 5.27. The molecule has 0 aromatic heterocycles. The maximum atomic E-state index is 12.8. The predicted octanol–water partition coefficient (Wildman–Crippen LogP) is 3.03. The van der Waals surface area contributed by atoms with Crippen LogP contribution in [-0.2, 0) is 0 Å². The van der Waals surface area contributed by atoms with Crippen molar-refractivity contribution < 1.29 is 4.39 Å². The van der Waals surface area contributed by atoms with Crippen molar-refractivity contribution in [3.63, 3.8) is 0 Å². The highest BCUT2D eigenvalue weighted by molar-refractivity contribution is 6.30. The molecular formula is C13H12ClFN2. The Morgan fingerprint density at radius 2 is 1.41 bits per heavy atom. The Hall–Kier alpha value is -1.42. The van der Waals surface area contributed by atoms with Gasteiger partial charge in [0.05, 0.1) is 6.04 Å². The first-order chi connectivity index (χ1) is 8.20. The third kappa shape index (κ3) is 2.82. The number of nitrogens with two attached hydrogens (primary N) is 1. The lowest BCUT2D eigenvalue weighted by molar-refractivity contribution is 0.615. The largest absolute Gasteiger partial charge is 0.271 e. The topological polar surface area (TPSA) is 38.0 Å². The molecule has 2 rings (SSSR count). The third-order valence-electron chi connectivity index (χ3n) is 2.57. The molecule has 88 valence electrons. The zero-order valence-corrected chi connectivity index (χ0v) is 9.79. The number of hydrogen-bond acceptors (Lipinski definition) is 2. The van der Waals surface area contributed by atoms with Gasteiger partial charge in [-0.1, -0.05) is 35.9 Å². The molecule has 0 aliphatic carbocycles. The van der Waals surface area contributed by atoms with Gasteiger partial charge in [-0.3, -0.25) is 5.84 Å². The second kappa shape index (κ2) is 5.27. The molecule has 0 amide bonds. The van der Waals surface area contributed by atoms with Crippen molar-refractivity contribution in [2.24, 2.45) is 5.84 Å². The molecule has 0 aliphatic rings. The first kappa shape index (κ1) is 12.0. The van der Waals surface area contributed by atoms with Crippen LogP contribution in [0.2, 0.25) is 5.02 Å². The lowest BCUT2D eigenvalue weighted by Gasteiger charge is -2.16. The van der Waals surface area contributed by atoms with Crippen LogP contribution < -0.4 is 11.3 Å². The van der Waals surface area contributed by atoms with Gasteiger partial charge >= 0.3 is 0 Å². The van der Waals surface area contributed by atoms with Gasteiger partial charge in [0, 0.05) is 5.02 Å². The Kier molecular flexibility index (Phi) is 3.74. The van der Waals surface area contributed by atoms with Gasteiger partial charge in [-0.2, -0.15) is 0 Å². The van der Waals surface area contributed by atoms with Crippen molar-refractivity contribution in [2.45, 2.75) is 6.04 Å². The van der Waals surface area contributed by atoms with Gasteiger partial charge in [0.1, 0.15) is 5.82 Å². The van der Waals surface area contributed by atoms with Crippen molar-refractivity contribution in [3.05, 3.63) is 70.5 Å². The van der Waals surface area contributed by atoms with Crippen LogP contribution in [0.1, 0.15) is 17.2 Å². The molecule has 0 fully saturated rings. The summed E-state index contributed by atoms with van der Waals surface area (Å²) in [5.41, 5.74) is 4.58. The lowest BCUT2D eigenvalue weighted by atomic mass is 9.99. The van der Waals surface area contributed by atoms with E-state index in [1.165, 1.54) is 12.1 Å². The molecule has 0 radical (unpaired) electrons. The Labute approximate surface area is 104 Å². The van der Waals surface area contributed by atoms with Gasteiger partial charge in [0.15, 0.2) is 0 Å². The van der Waals surface area contributed by atoms with E-state index in [4.69, 9.17) is 17.4 Å². The molecule has 3 N–H and O–H groups in total. The van der Waals surface area contributed by atoms with Crippen molar-refractivity contribution in [1.82, 2.24) is 5.43 Å². The van der Waals surface area contributed by atoms with Crippen LogP contribution in [0.25, 0.3) is 0 Å². The van der Waals surface area contributed by atoms with Gasteiger partial charge in [-0.15, -0.1) is 0 Å². The van der Waals surface area contributed by atoms with Crippen LogP contribution in [-0.4, -0.2) is 0 Å². The van der Waals surface area contributed by atoms with E-state index in [0.29, 0.717) is 5.02 Å². The van der Waals surface area contributed by atoms with Gasteiger partial charge in [-0.05, 0) is 35.4 Å². The Balaban J connectivity index is 2.33. The van der Waals surface area contributed by atoms with E-state index in [2.05, 4.69) is 5.43 Å². The van der Waals surface area contributed by atoms with E-state index in [-0.39, 0.29) is 11.9 Å². The van der Waals surface area contributed by atoms with E-state index in [9.17, 15) is 4.39 Å². The normalized spacial score (nSPS) is 12.4. The van der Waals surface area contributed by atoms with E-state index < -0.39 is 0 Å². The van der Waals surface area contributed by atoms with E-state index in [1.54, 1.807) is 24.3 Å². The molecule has 0 aliphatic heterocycles. The van der Waals surface area contributed by atoms with Crippen LogP contribution >= 0.6 is 11.6 Å².